The highest BCUT2D eigenvalue weighted by Crippen LogP contribution is 2.36. The first-order valence-electron chi connectivity index (χ1n) is 6.91. The largest absolute Gasteiger partial charge is 0.417 e. The summed E-state index contributed by atoms with van der Waals surface area (Å²) in [5, 5.41) is 0.267. The summed E-state index contributed by atoms with van der Waals surface area (Å²) in [7, 11) is -1.63. The molecule has 0 saturated carbocycles. The van der Waals surface area contributed by atoms with Crippen LogP contribution in [-0.2, 0) is 13.9 Å². The zero-order valence-electron chi connectivity index (χ0n) is 13.1. The Hall–Kier alpha value is 0.0969. The smallest absolute Gasteiger partial charge is 0.191 e. The summed E-state index contributed by atoms with van der Waals surface area (Å²) in [6, 6.07) is 0. The summed E-state index contributed by atoms with van der Waals surface area (Å²) in [6.07, 6.45) is 0.755. The van der Waals surface area contributed by atoms with E-state index >= 15 is 0 Å². The van der Waals surface area contributed by atoms with Gasteiger partial charge >= 0.3 is 0 Å². The van der Waals surface area contributed by atoms with Crippen molar-refractivity contribution in [3.05, 3.63) is 0 Å². The second-order valence-corrected chi connectivity index (χ2v) is 12.4. The van der Waals surface area contributed by atoms with E-state index in [0.29, 0.717) is 0 Å². The fraction of sp³-hybridized carbons (Fsp3) is 1.00. The van der Waals surface area contributed by atoms with Crippen LogP contribution in [0.1, 0.15) is 41.0 Å². The quantitative estimate of drug-likeness (QED) is 0.730. The second-order valence-electron chi connectivity index (χ2n) is 7.61. The van der Waals surface area contributed by atoms with Crippen LogP contribution in [0.2, 0.25) is 18.1 Å². The van der Waals surface area contributed by atoms with Crippen molar-refractivity contribution < 1.29 is 13.9 Å². The minimum atomic E-state index is -1.63. The van der Waals surface area contributed by atoms with Gasteiger partial charge in [0.25, 0.3) is 0 Å². The Morgan fingerprint density at radius 2 is 1.67 bits per heavy atom. The average Bonchev–Trinajstić information content (AvgIpc) is 2.18. The van der Waals surface area contributed by atoms with E-state index in [1.54, 1.807) is 0 Å². The molecule has 0 amide bonds. The lowest BCUT2D eigenvalue weighted by atomic mass is 9.95. The Bertz CT molecular complexity index is 259. The highest BCUT2D eigenvalue weighted by atomic mass is 28.4. The Kier molecular flexibility index (Phi) is 5.04. The third-order valence-electron chi connectivity index (χ3n) is 3.94. The van der Waals surface area contributed by atoms with Crippen molar-refractivity contribution in [2.75, 3.05) is 19.8 Å². The van der Waals surface area contributed by atoms with Crippen LogP contribution in [-0.4, -0.2) is 34.4 Å². The van der Waals surface area contributed by atoms with Crippen molar-refractivity contribution in [2.45, 2.75) is 65.5 Å². The van der Waals surface area contributed by atoms with Gasteiger partial charge in [-0.3, -0.25) is 0 Å². The summed E-state index contributed by atoms with van der Waals surface area (Å²) in [5.41, 5.74) is 0.150. The van der Waals surface area contributed by atoms with E-state index in [0.717, 1.165) is 26.2 Å². The zero-order chi connectivity index (χ0) is 14.0. The second kappa shape index (κ2) is 5.61. The van der Waals surface area contributed by atoms with Gasteiger partial charge in [-0.05, 0) is 18.1 Å². The maximum Gasteiger partial charge on any atom is 0.191 e. The molecule has 0 N–H and O–H groups in total. The Balaban J connectivity index is 2.27. The molecule has 108 valence electrons. The van der Waals surface area contributed by atoms with Crippen LogP contribution in [0.25, 0.3) is 0 Å². The first-order chi connectivity index (χ1) is 8.04. The molecule has 0 aromatic carbocycles. The van der Waals surface area contributed by atoms with Crippen LogP contribution < -0.4 is 0 Å². The van der Waals surface area contributed by atoms with Gasteiger partial charge in [0.2, 0.25) is 0 Å². The van der Waals surface area contributed by atoms with Crippen LogP contribution in [0, 0.1) is 5.41 Å². The van der Waals surface area contributed by atoms with Gasteiger partial charge in [0.1, 0.15) is 0 Å². The number of ether oxygens (including phenoxy) is 2. The number of hydrogen-bond donors (Lipinski definition) is 0. The molecule has 0 bridgehead atoms. The topological polar surface area (TPSA) is 27.7 Å². The first-order valence-corrected chi connectivity index (χ1v) is 9.82. The molecule has 1 rings (SSSR count). The van der Waals surface area contributed by atoms with E-state index in [9.17, 15) is 0 Å². The standard InChI is InChI=1S/C14H30O3Si/c1-13(2,3)18(6,7)17-9-8-12-15-10-14(4,5)11-16-12/h12H,8-11H2,1-7H3. The molecular formula is C14H30O3Si. The van der Waals surface area contributed by atoms with Crippen LogP contribution in [0.3, 0.4) is 0 Å². The Morgan fingerprint density at radius 3 is 2.11 bits per heavy atom. The van der Waals surface area contributed by atoms with Crippen molar-refractivity contribution in [1.82, 2.24) is 0 Å². The van der Waals surface area contributed by atoms with Crippen molar-refractivity contribution in [3.8, 4) is 0 Å². The molecule has 0 unspecified atom stereocenters. The SMILES string of the molecule is CC1(C)COC(CCO[Si](C)(C)C(C)(C)C)OC1. The highest BCUT2D eigenvalue weighted by molar-refractivity contribution is 6.74. The molecule has 4 heteroatoms. The monoisotopic (exact) mass is 274 g/mol. The molecule has 18 heavy (non-hydrogen) atoms. The molecular weight excluding hydrogens is 244 g/mol. The fourth-order valence-electron chi connectivity index (χ4n) is 1.52. The molecule has 0 aliphatic carbocycles. The Morgan fingerprint density at radius 1 is 1.17 bits per heavy atom. The Labute approximate surface area is 113 Å². The van der Waals surface area contributed by atoms with Gasteiger partial charge in [-0.15, -0.1) is 0 Å². The maximum absolute atomic E-state index is 6.13. The van der Waals surface area contributed by atoms with Crippen molar-refractivity contribution >= 4 is 8.32 Å². The molecule has 0 aromatic heterocycles. The molecule has 0 spiro atoms. The summed E-state index contributed by atoms with van der Waals surface area (Å²) >= 11 is 0. The third kappa shape index (κ3) is 4.65. The van der Waals surface area contributed by atoms with E-state index in [4.69, 9.17) is 13.9 Å². The molecule has 0 radical (unpaired) electrons. The highest BCUT2D eigenvalue weighted by Gasteiger charge is 2.37. The van der Waals surface area contributed by atoms with Gasteiger partial charge in [0.15, 0.2) is 14.6 Å². The van der Waals surface area contributed by atoms with Crippen molar-refractivity contribution in [1.29, 1.82) is 0 Å². The zero-order valence-corrected chi connectivity index (χ0v) is 14.1. The fourth-order valence-corrected chi connectivity index (χ4v) is 2.58. The van der Waals surface area contributed by atoms with Gasteiger partial charge in [0, 0.05) is 18.4 Å². The summed E-state index contributed by atoms with van der Waals surface area (Å²) in [5.74, 6) is 0. The van der Waals surface area contributed by atoms with E-state index in [1.807, 2.05) is 0 Å². The minimum absolute atomic E-state index is 0.0807. The van der Waals surface area contributed by atoms with Crippen LogP contribution >= 0.6 is 0 Å². The molecule has 1 heterocycles. The van der Waals surface area contributed by atoms with Gasteiger partial charge in [-0.25, -0.2) is 0 Å². The van der Waals surface area contributed by atoms with E-state index in [-0.39, 0.29) is 16.7 Å². The summed E-state index contributed by atoms with van der Waals surface area (Å²) < 4.78 is 17.5. The molecule has 1 saturated heterocycles. The predicted molar refractivity (Wildman–Crippen MR) is 77.2 cm³/mol. The molecule has 1 aliphatic heterocycles. The van der Waals surface area contributed by atoms with Crippen molar-refractivity contribution in [2.24, 2.45) is 5.41 Å². The van der Waals surface area contributed by atoms with Gasteiger partial charge in [-0.1, -0.05) is 34.6 Å². The molecule has 0 aromatic rings. The van der Waals surface area contributed by atoms with Crippen LogP contribution in [0.4, 0.5) is 0 Å². The van der Waals surface area contributed by atoms with E-state index in [2.05, 4.69) is 47.7 Å². The van der Waals surface area contributed by atoms with Crippen LogP contribution in [0.5, 0.6) is 0 Å². The lowest BCUT2D eigenvalue weighted by molar-refractivity contribution is -0.225. The lowest BCUT2D eigenvalue weighted by Gasteiger charge is -2.38. The normalized spacial score (nSPS) is 22.2. The van der Waals surface area contributed by atoms with Gasteiger partial charge < -0.3 is 13.9 Å². The molecule has 1 aliphatic rings. The van der Waals surface area contributed by atoms with Crippen molar-refractivity contribution in [3.63, 3.8) is 0 Å². The predicted octanol–water partition coefficient (Wildman–Crippen LogP) is 3.80. The van der Waals surface area contributed by atoms with Crippen LogP contribution in [0.15, 0.2) is 0 Å². The average molecular weight is 274 g/mol. The lowest BCUT2D eigenvalue weighted by Crippen LogP contribution is -2.42. The third-order valence-corrected chi connectivity index (χ3v) is 8.48. The molecule has 0 atom stereocenters. The summed E-state index contributed by atoms with van der Waals surface area (Å²) in [4.78, 5) is 0. The molecule has 1 fully saturated rings. The number of hydrogen-bond acceptors (Lipinski definition) is 3. The van der Waals surface area contributed by atoms with E-state index < -0.39 is 8.32 Å². The summed E-state index contributed by atoms with van der Waals surface area (Å²) in [6.45, 7) is 17.9. The van der Waals surface area contributed by atoms with Gasteiger partial charge in [0.05, 0.1) is 13.2 Å². The maximum atomic E-state index is 6.13. The van der Waals surface area contributed by atoms with Gasteiger partial charge in [-0.2, -0.15) is 0 Å². The molecule has 3 nitrogen and oxygen atoms in total. The first kappa shape index (κ1) is 16.2. The minimum Gasteiger partial charge on any atom is -0.417 e. The van der Waals surface area contributed by atoms with E-state index in [1.165, 1.54) is 0 Å². The number of rotatable bonds is 4.